The van der Waals surface area contributed by atoms with Crippen LogP contribution >= 0.6 is 11.3 Å². The highest BCUT2D eigenvalue weighted by atomic mass is 32.1. The van der Waals surface area contributed by atoms with Crippen LogP contribution in [0.5, 0.6) is 11.5 Å². The summed E-state index contributed by atoms with van der Waals surface area (Å²) in [5, 5.41) is 13.3. The molecule has 1 amide bonds. The van der Waals surface area contributed by atoms with Gasteiger partial charge in [0.2, 0.25) is 6.79 Å². The lowest BCUT2D eigenvalue weighted by Gasteiger charge is -2.36. The van der Waals surface area contributed by atoms with E-state index in [9.17, 15) is 10.1 Å². The minimum atomic E-state index is -0.237. The van der Waals surface area contributed by atoms with Crippen molar-refractivity contribution in [1.82, 2.24) is 0 Å². The lowest BCUT2D eigenvalue weighted by atomic mass is 9.69. The Hall–Kier alpha value is -2.52. The Morgan fingerprint density at radius 2 is 2.14 bits per heavy atom. The second-order valence-electron chi connectivity index (χ2n) is 8.12. The predicted molar refractivity (Wildman–Crippen MR) is 109 cm³/mol. The molecular weight excluding hydrogens is 372 g/mol. The van der Waals surface area contributed by atoms with Crippen LogP contribution < -0.4 is 14.8 Å². The molecule has 4 rings (SSSR count). The number of hydrogen-bond donors (Lipinski definition) is 1. The number of nitrogens with zero attached hydrogens (tertiary/aromatic N) is 1. The number of carbonyl (C=O) groups excluding carboxylic acids is 1. The first-order chi connectivity index (χ1) is 13.4. The van der Waals surface area contributed by atoms with Gasteiger partial charge in [-0.3, -0.25) is 4.79 Å². The number of hydrogen-bond acceptors (Lipinski definition) is 5. The van der Waals surface area contributed by atoms with Gasteiger partial charge in [-0.25, -0.2) is 0 Å². The summed E-state index contributed by atoms with van der Waals surface area (Å²) in [4.78, 5) is 14.0. The van der Waals surface area contributed by atoms with Crippen molar-refractivity contribution in [3.8, 4) is 17.6 Å². The van der Waals surface area contributed by atoms with Gasteiger partial charge in [0.05, 0.1) is 5.56 Å². The second kappa shape index (κ2) is 7.14. The molecular formula is C22H24N2O3S. The van der Waals surface area contributed by atoms with Gasteiger partial charge >= 0.3 is 0 Å². The molecule has 0 saturated carbocycles. The maximum atomic E-state index is 12.8. The molecule has 5 nitrogen and oxygen atoms in total. The number of nitrogens with one attached hydrogen (secondary N) is 1. The van der Waals surface area contributed by atoms with Gasteiger partial charge in [-0.05, 0) is 54.4 Å². The number of ether oxygens (including phenoxy) is 2. The number of thiophene rings is 1. The molecule has 0 bridgehead atoms. The largest absolute Gasteiger partial charge is 0.454 e. The third kappa shape index (κ3) is 3.24. The summed E-state index contributed by atoms with van der Waals surface area (Å²) in [6.45, 7) is 7.06. The van der Waals surface area contributed by atoms with Crippen LogP contribution in [0.15, 0.2) is 18.2 Å². The van der Waals surface area contributed by atoms with E-state index in [-0.39, 0.29) is 18.1 Å². The van der Waals surface area contributed by atoms with Crippen LogP contribution in [-0.4, -0.2) is 12.7 Å². The molecule has 1 aliphatic carbocycles. The fraction of sp³-hybridized carbons (Fsp3) is 0.455. The van der Waals surface area contributed by atoms with E-state index in [0.717, 1.165) is 31.2 Å². The number of fused-ring (bicyclic) bond motifs is 2. The molecule has 0 fully saturated rings. The number of rotatable bonds is 4. The topological polar surface area (TPSA) is 71.3 Å². The minimum Gasteiger partial charge on any atom is -0.454 e. The van der Waals surface area contributed by atoms with Crippen molar-refractivity contribution in [2.75, 3.05) is 12.1 Å². The molecule has 1 aromatic heterocycles. The van der Waals surface area contributed by atoms with E-state index in [1.165, 1.54) is 4.88 Å². The van der Waals surface area contributed by atoms with Crippen LogP contribution in [0.3, 0.4) is 0 Å². The van der Waals surface area contributed by atoms with E-state index in [1.54, 1.807) is 29.5 Å². The molecule has 2 heterocycles. The maximum absolute atomic E-state index is 12.8. The molecule has 2 aliphatic rings. The normalized spacial score (nSPS) is 17.7. The van der Waals surface area contributed by atoms with Gasteiger partial charge in [0.15, 0.2) is 11.5 Å². The molecule has 1 aliphatic heterocycles. The third-order valence-electron chi connectivity index (χ3n) is 6.26. The lowest BCUT2D eigenvalue weighted by molar-refractivity contribution is 0.102. The van der Waals surface area contributed by atoms with Crippen LogP contribution in [0.2, 0.25) is 0 Å². The highest BCUT2D eigenvalue weighted by Gasteiger charge is 2.34. The number of amides is 1. The molecule has 1 N–H and O–H groups in total. The lowest BCUT2D eigenvalue weighted by Crippen LogP contribution is -2.28. The Kier molecular flexibility index (Phi) is 4.80. The van der Waals surface area contributed by atoms with Crippen molar-refractivity contribution < 1.29 is 14.3 Å². The van der Waals surface area contributed by atoms with Crippen molar-refractivity contribution in [1.29, 1.82) is 5.26 Å². The Morgan fingerprint density at radius 1 is 1.36 bits per heavy atom. The van der Waals surface area contributed by atoms with Gasteiger partial charge in [-0.15, -0.1) is 11.3 Å². The van der Waals surface area contributed by atoms with Crippen LogP contribution in [0.1, 0.15) is 60.0 Å². The Morgan fingerprint density at radius 3 is 2.89 bits per heavy atom. The fourth-order valence-electron chi connectivity index (χ4n) is 3.96. The van der Waals surface area contributed by atoms with Gasteiger partial charge in [0.25, 0.3) is 5.91 Å². The zero-order valence-corrected chi connectivity index (χ0v) is 17.2. The predicted octanol–water partition coefficient (Wildman–Crippen LogP) is 5.14. The Balaban J connectivity index is 1.58. The van der Waals surface area contributed by atoms with E-state index in [4.69, 9.17) is 9.47 Å². The van der Waals surface area contributed by atoms with Crippen molar-refractivity contribution in [2.24, 2.45) is 11.3 Å². The van der Waals surface area contributed by atoms with E-state index >= 15 is 0 Å². The molecule has 6 heteroatoms. The van der Waals surface area contributed by atoms with Gasteiger partial charge in [0, 0.05) is 10.4 Å². The average molecular weight is 397 g/mol. The smallest absolute Gasteiger partial charge is 0.256 e. The quantitative estimate of drug-likeness (QED) is 0.776. The molecule has 146 valence electrons. The summed E-state index contributed by atoms with van der Waals surface area (Å²) in [7, 11) is 0. The van der Waals surface area contributed by atoms with E-state index in [1.807, 2.05) is 0 Å². The van der Waals surface area contributed by atoms with E-state index < -0.39 is 0 Å². The molecule has 1 unspecified atom stereocenters. The summed E-state index contributed by atoms with van der Waals surface area (Å²) in [5.41, 5.74) is 2.52. The highest BCUT2D eigenvalue weighted by molar-refractivity contribution is 7.16. The summed E-state index contributed by atoms with van der Waals surface area (Å²) >= 11 is 1.55. The average Bonchev–Trinajstić information content (AvgIpc) is 3.30. The molecule has 0 saturated heterocycles. The van der Waals surface area contributed by atoms with Crippen molar-refractivity contribution in [3.05, 3.63) is 39.8 Å². The first-order valence-electron chi connectivity index (χ1n) is 9.68. The molecule has 28 heavy (non-hydrogen) atoms. The molecule has 0 spiro atoms. The Labute approximate surface area is 169 Å². The van der Waals surface area contributed by atoms with Crippen molar-refractivity contribution in [3.63, 3.8) is 0 Å². The third-order valence-corrected chi connectivity index (χ3v) is 7.43. The van der Waals surface area contributed by atoms with Crippen LogP contribution in [0.25, 0.3) is 0 Å². The first-order valence-corrected chi connectivity index (χ1v) is 10.5. The summed E-state index contributed by atoms with van der Waals surface area (Å²) in [6, 6.07) is 7.44. The molecule has 0 radical (unpaired) electrons. The van der Waals surface area contributed by atoms with E-state index in [2.05, 4.69) is 32.2 Å². The maximum Gasteiger partial charge on any atom is 0.256 e. The highest BCUT2D eigenvalue weighted by Crippen LogP contribution is 2.45. The van der Waals surface area contributed by atoms with Crippen LogP contribution in [0.4, 0.5) is 5.00 Å². The van der Waals surface area contributed by atoms with Gasteiger partial charge in [-0.2, -0.15) is 5.26 Å². The fourth-order valence-corrected chi connectivity index (χ4v) is 5.23. The van der Waals surface area contributed by atoms with Crippen molar-refractivity contribution >= 4 is 22.2 Å². The Bertz CT molecular complexity index is 971. The standard InChI is InChI=1S/C22H24N2O3S/c1-4-22(2,3)14-6-7-15-16(11-23)21(28-19(15)10-14)24-20(25)13-5-8-17-18(9-13)27-12-26-17/h5,8-9,14H,4,6-7,10,12H2,1-3H3,(H,24,25). The number of carbonyl (C=O) groups is 1. The first kappa shape index (κ1) is 18.8. The van der Waals surface area contributed by atoms with Gasteiger partial charge < -0.3 is 14.8 Å². The zero-order chi connectivity index (χ0) is 19.9. The number of anilines is 1. The minimum absolute atomic E-state index is 0.173. The van der Waals surface area contributed by atoms with Crippen molar-refractivity contribution in [2.45, 2.75) is 46.5 Å². The zero-order valence-electron chi connectivity index (χ0n) is 16.4. The number of nitriles is 1. The number of benzene rings is 1. The molecule has 1 aromatic carbocycles. The van der Waals surface area contributed by atoms with Gasteiger partial charge in [-0.1, -0.05) is 27.2 Å². The van der Waals surface area contributed by atoms with Gasteiger partial charge in [0.1, 0.15) is 11.1 Å². The van der Waals surface area contributed by atoms with Crippen LogP contribution in [-0.2, 0) is 12.8 Å². The molecule has 2 aromatic rings. The van der Waals surface area contributed by atoms with E-state index in [0.29, 0.717) is 33.5 Å². The molecule has 1 atom stereocenters. The monoisotopic (exact) mass is 396 g/mol. The summed E-state index contributed by atoms with van der Waals surface area (Å²) < 4.78 is 10.6. The SMILES string of the molecule is CCC(C)(C)C1CCc2c(sc(NC(=O)c3ccc4c(c3)OCO4)c2C#N)C1. The summed E-state index contributed by atoms with van der Waals surface area (Å²) in [5.74, 6) is 1.58. The summed E-state index contributed by atoms with van der Waals surface area (Å²) in [6.07, 6.45) is 4.12. The second-order valence-corrected chi connectivity index (χ2v) is 9.23. The van der Waals surface area contributed by atoms with Crippen LogP contribution in [0, 0.1) is 22.7 Å².